The van der Waals surface area contributed by atoms with E-state index < -0.39 is 0 Å². The number of likely N-dealkylation sites (tertiary alicyclic amines) is 1. The second-order valence-corrected chi connectivity index (χ2v) is 7.12. The van der Waals surface area contributed by atoms with Crippen LogP contribution in [0.4, 0.5) is 0 Å². The number of hydrogen-bond acceptors (Lipinski definition) is 3. The first-order valence-corrected chi connectivity index (χ1v) is 8.28. The van der Waals surface area contributed by atoms with E-state index in [1.54, 1.807) is 0 Å². The third-order valence-electron chi connectivity index (χ3n) is 5.15. The van der Waals surface area contributed by atoms with Crippen molar-refractivity contribution in [3.8, 4) is 5.75 Å². The number of hydrogen-bond donors (Lipinski definition) is 1. The van der Waals surface area contributed by atoms with Crippen LogP contribution in [0.3, 0.4) is 0 Å². The van der Waals surface area contributed by atoms with Gasteiger partial charge < -0.3 is 15.4 Å². The maximum Gasteiger partial charge on any atom is 0.124 e. The minimum Gasteiger partial charge on any atom is -0.487 e. The molecule has 1 aromatic rings. The van der Waals surface area contributed by atoms with Crippen molar-refractivity contribution in [1.82, 2.24) is 4.90 Å². The van der Waals surface area contributed by atoms with Gasteiger partial charge in [-0.2, -0.15) is 0 Å². The number of nitrogens with two attached hydrogens (primary N) is 1. The standard InChI is InChI=1S/C18H28N2O/c1-13(2)20-9-4-7-18(8-10-20)12-16(19)15-11-14(3)5-6-17(15)21-18/h5-6,11,13,16H,4,7-10,12,19H2,1-3H3. The fourth-order valence-electron chi connectivity index (χ4n) is 3.85. The monoisotopic (exact) mass is 288 g/mol. The Morgan fingerprint density at radius 2 is 2.10 bits per heavy atom. The average Bonchev–Trinajstić information content (AvgIpc) is 2.63. The lowest BCUT2D eigenvalue weighted by molar-refractivity contribution is 0.0210. The Hall–Kier alpha value is -1.06. The zero-order valence-corrected chi connectivity index (χ0v) is 13.6. The molecule has 1 saturated heterocycles. The summed E-state index contributed by atoms with van der Waals surface area (Å²) in [6.45, 7) is 8.97. The third-order valence-corrected chi connectivity index (χ3v) is 5.15. The van der Waals surface area contributed by atoms with Gasteiger partial charge in [-0.25, -0.2) is 0 Å². The largest absolute Gasteiger partial charge is 0.487 e. The molecule has 2 N–H and O–H groups in total. The quantitative estimate of drug-likeness (QED) is 0.860. The van der Waals surface area contributed by atoms with E-state index in [0.29, 0.717) is 6.04 Å². The summed E-state index contributed by atoms with van der Waals surface area (Å²) in [5, 5.41) is 0. The van der Waals surface area contributed by atoms with Crippen molar-refractivity contribution in [3.05, 3.63) is 29.3 Å². The maximum atomic E-state index is 6.49. The van der Waals surface area contributed by atoms with Crippen LogP contribution in [0.2, 0.25) is 0 Å². The minimum absolute atomic E-state index is 0.0503. The summed E-state index contributed by atoms with van der Waals surface area (Å²) >= 11 is 0. The molecule has 3 nitrogen and oxygen atoms in total. The van der Waals surface area contributed by atoms with Gasteiger partial charge in [-0.15, -0.1) is 0 Å². The molecule has 0 aromatic heterocycles. The van der Waals surface area contributed by atoms with Crippen LogP contribution >= 0.6 is 0 Å². The van der Waals surface area contributed by atoms with Gasteiger partial charge in [-0.3, -0.25) is 0 Å². The van der Waals surface area contributed by atoms with Crippen molar-refractivity contribution in [2.24, 2.45) is 5.73 Å². The average molecular weight is 288 g/mol. The predicted octanol–water partition coefficient (Wildman–Crippen LogP) is 3.41. The Kier molecular flexibility index (Phi) is 3.98. The Morgan fingerprint density at radius 3 is 2.86 bits per heavy atom. The molecule has 0 aliphatic carbocycles. The Bertz CT molecular complexity index is 514. The number of benzene rings is 1. The van der Waals surface area contributed by atoms with Gasteiger partial charge >= 0.3 is 0 Å². The molecule has 2 aliphatic rings. The van der Waals surface area contributed by atoms with Gasteiger partial charge in [0.15, 0.2) is 0 Å². The molecule has 0 radical (unpaired) electrons. The van der Waals surface area contributed by atoms with E-state index in [-0.39, 0.29) is 11.6 Å². The lowest BCUT2D eigenvalue weighted by Crippen LogP contribution is -2.44. The van der Waals surface area contributed by atoms with Gasteiger partial charge in [0.05, 0.1) is 0 Å². The first-order chi connectivity index (χ1) is 9.99. The summed E-state index contributed by atoms with van der Waals surface area (Å²) in [5.74, 6) is 1.01. The summed E-state index contributed by atoms with van der Waals surface area (Å²) in [5.41, 5.74) is 8.87. The van der Waals surface area contributed by atoms with E-state index in [1.165, 1.54) is 24.1 Å². The van der Waals surface area contributed by atoms with Crippen LogP contribution in [0.5, 0.6) is 5.75 Å². The molecule has 116 valence electrons. The van der Waals surface area contributed by atoms with E-state index in [0.717, 1.165) is 31.6 Å². The van der Waals surface area contributed by atoms with E-state index in [4.69, 9.17) is 10.5 Å². The molecule has 2 aliphatic heterocycles. The Balaban J connectivity index is 1.82. The maximum absolute atomic E-state index is 6.49. The highest BCUT2D eigenvalue weighted by molar-refractivity contribution is 5.41. The molecular formula is C18H28N2O. The fourth-order valence-corrected chi connectivity index (χ4v) is 3.85. The van der Waals surface area contributed by atoms with Gasteiger partial charge in [-0.1, -0.05) is 17.7 Å². The van der Waals surface area contributed by atoms with Crippen LogP contribution in [-0.4, -0.2) is 29.6 Å². The third kappa shape index (κ3) is 2.95. The molecule has 1 spiro atoms. The summed E-state index contributed by atoms with van der Waals surface area (Å²) in [4.78, 5) is 2.56. The van der Waals surface area contributed by atoms with Crippen LogP contribution in [-0.2, 0) is 0 Å². The molecule has 1 aromatic carbocycles. The van der Waals surface area contributed by atoms with Crippen LogP contribution < -0.4 is 10.5 Å². The molecule has 2 unspecified atom stereocenters. The van der Waals surface area contributed by atoms with Crippen molar-refractivity contribution in [3.63, 3.8) is 0 Å². The number of fused-ring (bicyclic) bond motifs is 1. The van der Waals surface area contributed by atoms with Gasteiger partial charge in [0.1, 0.15) is 11.4 Å². The smallest absolute Gasteiger partial charge is 0.124 e. The second-order valence-electron chi connectivity index (χ2n) is 7.12. The highest BCUT2D eigenvalue weighted by atomic mass is 16.5. The van der Waals surface area contributed by atoms with E-state index in [1.807, 2.05) is 0 Å². The lowest BCUT2D eigenvalue weighted by Gasteiger charge is -2.41. The molecular weight excluding hydrogens is 260 g/mol. The van der Waals surface area contributed by atoms with Gasteiger partial charge in [0, 0.05) is 30.6 Å². The van der Waals surface area contributed by atoms with Crippen molar-refractivity contribution >= 4 is 0 Å². The first kappa shape index (κ1) is 14.9. The molecule has 2 heterocycles. The normalized spacial score (nSPS) is 30.0. The van der Waals surface area contributed by atoms with E-state index in [2.05, 4.69) is 43.9 Å². The molecule has 21 heavy (non-hydrogen) atoms. The number of nitrogens with zero attached hydrogens (tertiary/aromatic N) is 1. The van der Waals surface area contributed by atoms with Crippen LogP contribution in [0, 0.1) is 6.92 Å². The van der Waals surface area contributed by atoms with Crippen LogP contribution in [0.15, 0.2) is 18.2 Å². The summed E-state index contributed by atoms with van der Waals surface area (Å²) in [6.07, 6.45) is 4.37. The fraction of sp³-hybridized carbons (Fsp3) is 0.667. The zero-order valence-electron chi connectivity index (χ0n) is 13.6. The molecule has 2 atom stereocenters. The van der Waals surface area contributed by atoms with Crippen molar-refractivity contribution in [1.29, 1.82) is 0 Å². The summed E-state index contributed by atoms with van der Waals surface area (Å²) < 4.78 is 6.49. The Labute approximate surface area is 128 Å². The van der Waals surface area contributed by atoms with Gasteiger partial charge in [-0.05, 0) is 52.6 Å². The molecule has 3 rings (SSSR count). The molecule has 0 amide bonds. The molecule has 1 fully saturated rings. The second kappa shape index (κ2) is 5.62. The lowest BCUT2D eigenvalue weighted by atomic mass is 9.82. The highest BCUT2D eigenvalue weighted by Crippen LogP contribution is 2.43. The first-order valence-electron chi connectivity index (χ1n) is 8.28. The Morgan fingerprint density at radius 1 is 1.29 bits per heavy atom. The number of ether oxygens (including phenoxy) is 1. The van der Waals surface area contributed by atoms with Crippen molar-refractivity contribution < 1.29 is 4.74 Å². The van der Waals surface area contributed by atoms with Crippen LogP contribution in [0.1, 0.15) is 56.7 Å². The van der Waals surface area contributed by atoms with Crippen LogP contribution in [0.25, 0.3) is 0 Å². The number of rotatable bonds is 1. The molecule has 3 heteroatoms. The minimum atomic E-state index is -0.0503. The molecule has 0 bridgehead atoms. The highest BCUT2D eigenvalue weighted by Gasteiger charge is 2.41. The van der Waals surface area contributed by atoms with E-state index in [9.17, 15) is 0 Å². The molecule has 0 saturated carbocycles. The predicted molar refractivity (Wildman–Crippen MR) is 86.6 cm³/mol. The zero-order chi connectivity index (χ0) is 15.0. The van der Waals surface area contributed by atoms with Crippen molar-refractivity contribution in [2.45, 2.75) is 64.1 Å². The van der Waals surface area contributed by atoms with Crippen molar-refractivity contribution in [2.75, 3.05) is 13.1 Å². The van der Waals surface area contributed by atoms with Gasteiger partial charge in [0.2, 0.25) is 0 Å². The van der Waals surface area contributed by atoms with Gasteiger partial charge in [0.25, 0.3) is 0 Å². The summed E-state index contributed by atoms with van der Waals surface area (Å²) in [7, 11) is 0. The topological polar surface area (TPSA) is 38.5 Å². The SMILES string of the molecule is Cc1ccc2c(c1)C(N)CC1(CCCN(C(C)C)CC1)O2. The summed E-state index contributed by atoms with van der Waals surface area (Å²) in [6, 6.07) is 7.15. The van der Waals surface area contributed by atoms with E-state index >= 15 is 0 Å². The number of aryl methyl sites for hydroxylation is 1.